The minimum Gasteiger partial charge on any atom is -0.340 e. The molecule has 0 unspecified atom stereocenters. The molecule has 5 rings (SSSR count). The number of anilines is 2. The van der Waals surface area contributed by atoms with Crippen molar-refractivity contribution in [3.8, 4) is 22.6 Å². The number of hydrogen-bond acceptors (Lipinski definition) is 9. The molecule has 2 aromatic carbocycles. The van der Waals surface area contributed by atoms with Crippen LogP contribution in [0.2, 0.25) is 0 Å². The Kier molecular flexibility index (Phi) is 7.33. The van der Waals surface area contributed by atoms with E-state index in [2.05, 4.69) is 81.6 Å². The Balaban J connectivity index is 1.57. The third kappa shape index (κ3) is 5.15. The van der Waals surface area contributed by atoms with Gasteiger partial charge < -0.3 is 16.0 Å². The van der Waals surface area contributed by atoms with Crippen molar-refractivity contribution in [2.24, 2.45) is 0 Å². The van der Waals surface area contributed by atoms with E-state index in [1.54, 1.807) is 11.3 Å². The lowest BCUT2D eigenvalue weighted by molar-refractivity contribution is 0.651. The topological polar surface area (TPSA) is 87.7 Å². The van der Waals surface area contributed by atoms with Crippen molar-refractivity contribution in [1.29, 1.82) is 0 Å². The molecule has 0 saturated heterocycles. The van der Waals surface area contributed by atoms with Gasteiger partial charge in [-0.1, -0.05) is 18.2 Å². The van der Waals surface area contributed by atoms with E-state index in [0.29, 0.717) is 5.82 Å². The highest BCUT2D eigenvalue weighted by Gasteiger charge is 2.19. The smallest absolute Gasteiger partial charge is 0.162 e. The standard InChI is InChI=1S/C27H29N7S2/c1-16-25(24-17(2)34-36-18(24)3)32-27(20-7-5-6-19(12-20)14-29-11-10-28-4)33-26(16)31-21-8-9-23-22(13-21)30-15-35-23/h5-9,12-13,15,28-29H,10-11,14H2,1-4H3,(H,31,32,33). The third-order valence-electron chi connectivity index (χ3n) is 6.08. The molecular weight excluding hydrogens is 486 g/mol. The number of aryl methyl sites for hydroxylation is 2. The molecule has 0 fully saturated rings. The average Bonchev–Trinajstić information content (AvgIpc) is 3.49. The average molecular weight is 516 g/mol. The number of likely N-dealkylation sites (N-methyl/N-ethyl adjacent to an activating group) is 1. The van der Waals surface area contributed by atoms with Crippen LogP contribution in [0.1, 0.15) is 21.7 Å². The molecule has 0 radical (unpaired) electrons. The van der Waals surface area contributed by atoms with Crippen LogP contribution in [0.15, 0.2) is 48.0 Å². The molecule has 0 aliphatic carbocycles. The summed E-state index contributed by atoms with van der Waals surface area (Å²) < 4.78 is 5.75. The third-order valence-corrected chi connectivity index (χ3v) is 7.73. The van der Waals surface area contributed by atoms with E-state index >= 15 is 0 Å². The van der Waals surface area contributed by atoms with Gasteiger partial charge in [-0.05, 0) is 69.2 Å². The molecule has 0 bridgehead atoms. The number of rotatable bonds is 9. The Morgan fingerprint density at radius 2 is 1.86 bits per heavy atom. The molecule has 3 aromatic heterocycles. The summed E-state index contributed by atoms with van der Waals surface area (Å²) in [5, 5.41) is 10.2. The summed E-state index contributed by atoms with van der Waals surface area (Å²) in [5.74, 6) is 1.47. The van der Waals surface area contributed by atoms with Gasteiger partial charge >= 0.3 is 0 Å². The molecule has 5 aromatic rings. The molecule has 3 N–H and O–H groups in total. The van der Waals surface area contributed by atoms with Crippen LogP contribution in [-0.2, 0) is 6.54 Å². The molecule has 0 spiro atoms. The van der Waals surface area contributed by atoms with Gasteiger partial charge in [0.2, 0.25) is 0 Å². The first kappa shape index (κ1) is 24.5. The predicted octanol–water partition coefficient (Wildman–Crippen LogP) is 5.85. The first-order valence-corrected chi connectivity index (χ1v) is 13.6. The van der Waals surface area contributed by atoms with Crippen molar-refractivity contribution in [1.82, 2.24) is 30.0 Å². The number of nitrogens with one attached hydrogen (secondary N) is 3. The van der Waals surface area contributed by atoms with Crippen molar-refractivity contribution < 1.29 is 0 Å². The van der Waals surface area contributed by atoms with Gasteiger partial charge in [0.05, 0.1) is 27.1 Å². The van der Waals surface area contributed by atoms with Gasteiger partial charge in [0.1, 0.15) is 5.82 Å². The first-order valence-electron chi connectivity index (χ1n) is 11.9. The van der Waals surface area contributed by atoms with Gasteiger partial charge in [0.25, 0.3) is 0 Å². The summed E-state index contributed by atoms with van der Waals surface area (Å²) in [6, 6.07) is 14.7. The number of benzene rings is 2. The normalized spacial score (nSPS) is 11.3. The molecule has 3 heterocycles. The van der Waals surface area contributed by atoms with E-state index in [1.807, 2.05) is 19.5 Å². The highest BCUT2D eigenvalue weighted by molar-refractivity contribution is 7.16. The monoisotopic (exact) mass is 515 g/mol. The van der Waals surface area contributed by atoms with Crippen LogP contribution in [-0.4, -0.2) is 39.5 Å². The second kappa shape index (κ2) is 10.8. The van der Waals surface area contributed by atoms with Crippen LogP contribution in [0.25, 0.3) is 32.9 Å². The van der Waals surface area contributed by atoms with E-state index in [4.69, 9.17) is 9.97 Å². The number of aromatic nitrogens is 4. The predicted molar refractivity (Wildman–Crippen MR) is 151 cm³/mol. The largest absolute Gasteiger partial charge is 0.340 e. The first-order chi connectivity index (χ1) is 17.5. The van der Waals surface area contributed by atoms with Crippen LogP contribution < -0.4 is 16.0 Å². The van der Waals surface area contributed by atoms with Gasteiger partial charge in [-0.2, -0.15) is 4.37 Å². The molecule has 0 atom stereocenters. The Labute approximate surface area is 219 Å². The van der Waals surface area contributed by atoms with Gasteiger partial charge in [-0.3, -0.25) is 0 Å². The second-order valence-electron chi connectivity index (χ2n) is 8.71. The summed E-state index contributed by atoms with van der Waals surface area (Å²) in [6.07, 6.45) is 0. The fourth-order valence-corrected chi connectivity index (χ4v) is 5.53. The Morgan fingerprint density at radius 3 is 2.67 bits per heavy atom. The lowest BCUT2D eigenvalue weighted by Crippen LogP contribution is -2.24. The minimum atomic E-state index is 0.690. The van der Waals surface area contributed by atoms with Crippen molar-refractivity contribution in [3.05, 3.63) is 69.7 Å². The molecular formula is C27H29N7S2. The van der Waals surface area contributed by atoms with E-state index in [1.165, 1.54) is 17.1 Å². The van der Waals surface area contributed by atoms with E-state index < -0.39 is 0 Å². The highest BCUT2D eigenvalue weighted by atomic mass is 32.1. The van der Waals surface area contributed by atoms with Crippen LogP contribution in [0.3, 0.4) is 0 Å². The van der Waals surface area contributed by atoms with Gasteiger partial charge in [0, 0.05) is 46.9 Å². The van der Waals surface area contributed by atoms with Crippen molar-refractivity contribution >= 4 is 44.6 Å². The molecule has 7 nitrogen and oxygen atoms in total. The van der Waals surface area contributed by atoms with Gasteiger partial charge in [0.15, 0.2) is 5.82 Å². The SMILES string of the molecule is CNCCNCc1cccc(-c2nc(Nc3ccc4scnc4c3)c(C)c(-c3c(C)nsc3C)n2)c1. The summed E-state index contributed by atoms with van der Waals surface area (Å²) in [6.45, 7) is 8.84. The van der Waals surface area contributed by atoms with E-state index in [9.17, 15) is 0 Å². The summed E-state index contributed by atoms with van der Waals surface area (Å²) in [4.78, 5) is 15.7. The fourth-order valence-electron chi connectivity index (χ4n) is 4.17. The minimum absolute atomic E-state index is 0.690. The lowest BCUT2D eigenvalue weighted by atomic mass is 10.0. The summed E-state index contributed by atoms with van der Waals surface area (Å²) in [7, 11) is 1.96. The van der Waals surface area contributed by atoms with Crippen molar-refractivity contribution in [2.75, 3.05) is 25.5 Å². The maximum absolute atomic E-state index is 5.08. The molecule has 0 amide bonds. The number of thiazole rings is 1. The van der Waals surface area contributed by atoms with Crippen LogP contribution in [0, 0.1) is 20.8 Å². The van der Waals surface area contributed by atoms with Crippen LogP contribution >= 0.6 is 22.9 Å². The fraction of sp³-hybridized carbons (Fsp3) is 0.259. The zero-order valence-corrected chi connectivity index (χ0v) is 22.5. The van der Waals surface area contributed by atoms with Crippen molar-refractivity contribution in [2.45, 2.75) is 27.3 Å². The van der Waals surface area contributed by atoms with E-state index in [-0.39, 0.29) is 0 Å². The maximum Gasteiger partial charge on any atom is 0.162 e. The molecule has 184 valence electrons. The van der Waals surface area contributed by atoms with Crippen molar-refractivity contribution in [3.63, 3.8) is 0 Å². The van der Waals surface area contributed by atoms with Gasteiger partial charge in [-0.25, -0.2) is 15.0 Å². The number of hydrogen-bond donors (Lipinski definition) is 3. The Hall–Kier alpha value is -3.24. The Morgan fingerprint density at radius 1 is 0.972 bits per heavy atom. The molecule has 0 aliphatic heterocycles. The Bertz CT molecular complexity index is 1490. The number of fused-ring (bicyclic) bond motifs is 1. The zero-order valence-electron chi connectivity index (χ0n) is 20.8. The lowest BCUT2D eigenvalue weighted by Gasteiger charge is -2.15. The van der Waals surface area contributed by atoms with Crippen LogP contribution in [0.5, 0.6) is 0 Å². The quantitative estimate of drug-likeness (QED) is 0.212. The molecule has 0 saturated carbocycles. The van der Waals surface area contributed by atoms with Gasteiger partial charge in [-0.15, -0.1) is 11.3 Å². The second-order valence-corrected chi connectivity index (χ2v) is 10.6. The summed E-state index contributed by atoms with van der Waals surface area (Å²) in [5.41, 5.74) is 9.97. The molecule has 9 heteroatoms. The molecule has 36 heavy (non-hydrogen) atoms. The van der Waals surface area contributed by atoms with E-state index in [0.717, 1.165) is 74.3 Å². The molecule has 0 aliphatic rings. The zero-order chi connectivity index (χ0) is 25.1. The van der Waals surface area contributed by atoms with Crippen LogP contribution in [0.4, 0.5) is 11.5 Å². The number of nitrogens with zero attached hydrogens (tertiary/aromatic N) is 4. The highest BCUT2D eigenvalue weighted by Crippen LogP contribution is 2.36. The summed E-state index contributed by atoms with van der Waals surface area (Å²) >= 11 is 3.15. The maximum atomic E-state index is 5.08.